The Morgan fingerprint density at radius 1 is 1.05 bits per heavy atom. The van der Waals surface area contributed by atoms with Crippen LogP contribution in [0, 0.1) is 0 Å². The van der Waals surface area contributed by atoms with Gasteiger partial charge in [0.1, 0.15) is 5.75 Å². The van der Waals surface area contributed by atoms with Gasteiger partial charge < -0.3 is 10.1 Å². The third-order valence-corrected chi connectivity index (χ3v) is 4.22. The van der Waals surface area contributed by atoms with E-state index in [0.29, 0.717) is 0 Å². The van der Waals surface area contributed by atoms with Crippen LogP contribution in [0.25, 0.3) is 0 Å². The average molecular weight is 296 g/mol. The van der Waals surface area contributed by atoms with E-state index in [1.54, 1.807) is 18.4 Å². The van der Waals surface area contributed by atoms with E-state index in [0.717, 1.165) is 36.0 Å². The standard InChI is InChI=1S/C15H18ClNOS/c1-18-13-4-2-12(3-5-13)8-10-17-11-9-14-6-7-15(16)19-14/h2-7,17H,8-11H2,1H3. The van der Waals surface area contributed by atoms with Gasteiger partial charge in [-0.3, -0.25) is 0 Å². The number of thiophene rings is 1. The number of benzene rings is 1. The molecule has 2 nitrogen and oxygen atoms in total. The van der Waals surface area contributed by atoms with Crippen LogP contribution < -0.4 is 10.1 Å². The van der Waals surface area contributed by atoms with Crippen molar-refractivity contribution in [2.24, 2.45) is 0 Å². The summed E-state index contributed by atoms with van der Waals surface area (Å²) in [5.74, 6) is 0.909. The monoisotopic (exact) mass is 295 g/mol. The number of hydrogen-bond donors (Lipinski definition) is 1. The molecule has 0 atom stereocenters. The van der Waals surface area contributed by atoms with E-state index in [1.165, 1.54) is 10.4 Å². The second-order valence-electron chi connectivity index (χ2n) is 4.30. The van der Waals surface area contributed by atoms with Gasteiger partial charge in [0.2, 0.25) is 0 Å². The maximum atomic E-state index is 5.89. The van der Waals surface area contributed by atoms with Crippen molar-refractivity contribution in [3.05, 3.63) is 51.2 Å². The third-order valence-electron chi connectivity index (χ3n) is 2.93. The van der Waals surface area contributed by atoms with Gasteiger partial charge >= 0.3 is 0 Å². The van der Waals surface area contributed by atoms with Crippen molar-refractivity contribution in [1.82, 2.24) is 5.32 Å². The first-order valence-corrected chi connectivity index (χ1v) is 7.55. The first-order chi connectivity index (χ1) is 9.28. The van der Waals surface area contributed by atoms with Gasteiger partial charge in [-0.05, 0) is 55.8 Å². The Morgan fingerprint density at radius 3 is 2.42 bits per heavy atom. The number of halogens is 1. The van der Waals surface area contributed by atoms with Crippen molar-refractivity contribution in [1.29, 1.82) is 0 Å². The fourth-order valence-corrected chi connectivity index (χ4v) is 2.93. The molecular weight excluding hydrogens is 278 g/mol. The van der Waals surface area contributed by atoms with Gasteiger partial charge in [-0.25, -0.2) is 0 Å². The zero-order valence-electron chi connectivity index (χ0n) is 11.0. The highest BCUT2D eigenvalue weighted by Gasteiger charge is 1.98. The van der Waals surface area contributed by atoms with E-state index >= 15 is 0 Å². The van der Waals surface area contributed by atoms with Crippen molar-refractivity contribution in [2.45, 2.75) is 12.8 Å². The Hall–Kier alpha value is -1.03. The molecule has 0 radical (unpaired) electrons. The molecule has 0 saturated carbocycles. The molecule has 0 aliphatic heterocycles. The second-order valence-corrected chi connectivity index (χ2v) is 6.10. The molecule has 0 fully saturated rings. The van der Waals surface area contributed by atoms with E-state index in [-0.39, 0.29) is 0 Å². The minimum atomic E-state index is 0.869. The van der Waals surface area contributed by atoms with Crippen LogP contribution >= 0.6 is 22.9 Å². The Labute approximate surface area is 123 Å². The van der Waals surface area contributed by atoms with Crippen LogP contribution in [0.3, 0.4) is 0 Å². The lowest BCUT2D eigenvalue weighted by molar-refractivity contribution is 0.414. The molecule has 0 bridgehead atoms. The summed E-state index contributed by atoms with van der Waals surface area (Å²) in [7, 11) is 1.69. The van der Waals surface area contributed by atoms with Crippen LogP contribution in [-0.4, -0.2) is 20.2 Å². The number of nitrogens with one attached hydrogen (secondary N) is 1. The normalized spacial score (nSPS) is 10.6. The average Bonchev–Trinajstić information content (AvgIpc) is 2.85. The summed E-state index contributed by atoms with van der Waals surface area (Å²) < 4.78 is 6.01. The van der Waals surface area contributed by atoms with Gasteiger partial charge in [0.05, 0.1) is 11.4 Å². The molecule has 0 unspecified atom stereocenters. The molecular formula is C15H18ClNOS. The van der Waals surface area contributed by atoms with Gasteiger partial charge in [-0.2, -0.15) is 0 Å². The lowest BCUT2D eigenvalue weighted by atomic mass is 10.1. The summed E-state index contributed by atoms with van der Waals surface area (Å²) in [6.07, 6.45) is 2.08. The predicted molar refractivity (Wildman–Crippen MR) is 82.6 cm³/mol. The highest BCUT2D eigenvalue weighted by molar-refractivity contribution is 7.16. The van der Waals surface area contributed by atoms with Crippen molar-refractivity contribution >= 4 is 22.9 Å². The minimum absolute atomic E-state index is 0.869. The molecule has 0 aliphatic rings. The van der Waals surface area contributed by atoms with Crippen molar-refractivity contribution in [2.75, 3.05) is 20.2 Å². The molecule has 1 N–H and O–H groups in total. The van der Waals surface area contributed by atoms with Crippen molar-refractivity contribution in [3.63, 3.8) is 0 Å². The molecule has 0 spiro atoms. The topological polar surface area (TPSA) is 21.3 Å². The predicted octanol–water partition coefficient (Wildman–Crippen LogP) is 3.78. The summed E-state index contributed by atoms with van der Waals surface area (Å²) in [5, 5.41) is 3.45. The number of rotatable bonds is 7. The van der Waals surface area contributed by atoms with Gasteiger partial charge in [0.25, 0.3) is 0 Å². The summed E-state index contributed by atoms with van der Waals surface area (Å²) in [6, 6.07) is 12.3. The Morgan fingerprint density at radius 2 is 1.79 bits per heavy atom. The summed E-state index contributed by atoms with van der Waals surface area (Å²) in [5.41, 5.74) is 1.33. The Bertz CT molecular complexity index is 495. The molecule has 1 heterocycles. The van der Waals surface area contributed by atoms with Crippen LogP contribution in [0.5, 0.6) is 5.75 Å². The molecule has 102 valence electrons. The largest absolute Gasteiger partial charge is 0.497 e. The van der Waals surface area contributed by atoms with Gasteiger partial charge in [0, 0.05) is 4.88 Å². The maximum Gasteiger partial charge on any atom is 0.118 e. The molecule has 1 aromatic heterocycles. The smallest absolute Gasteiger partial charge is 0.118 e. The van der Waals surface area contributed by atoms with Crippen molar-refractivity contribution in [3.8, 4) is 5.75 Å². The molecule has 4 heteroatoms. The van der Waals surface area contributed by atoms with E-state index < -0.39 is 0 Å². The highest BCUT2D eigenvalue weighted by Crippen LogP contribution is 2.21. The second kappa shape index (κ2) is 7.53. The highest BCUT2D eigenvalue weighted by atomic mass is 35.5. The minimum Gasteiger partial charge on any atom is -0.497 e. The molecule has 0 amide bonds. The van der Waals surface area contributed by atoms with Gasteiger partial charge in [-0.15, -0.1) is 11.3 Å². The summed E-state index contributed by atoms with van der Waals surface area (Å²) in [4.78, 5) is 1.34. The van der Waals surface area contributed by atoms with Crippen LogP contribution in [0.2, 0.25) is 4.34 Å². The molecule has 19 heavy (non-hydrogen) atoms. The quantitative estimate of drug-likeness (QED) is 0.785. The summed E-state index contributed by atoms with van der Waals surface area (Å²) >= 11 is 7.55. The molecule has 2 aromatic rings. The molecule has 1 aromatic carbocycles. The van der Waals surface area contributed by atoms with E-state index in [1.807, 2.05) is 18.2 Å². The van der Waals surface area contributed by atoms with E-state index in [2.05, 4.69) is 23.5 Å². The van der Waals surface area contributed by atoms with Gasteiger partial charge in [-0.1, -0.05) is 23.7 Å². The van der Waals surface area contributed by atoms with Crippen molar-refractivity contribution < 1.29 is 4.74 Å². The third kappa shape index (κ3) is 4.86. The van der Waals surface area contributed by atoms with Gasteiger partial charge in [0.15, 0.2) is 0 Å². The van der Waals surface area contributed by atoms with Crippen LogP contribution in [0.4, 0.5) is 0 Å². The van der Waals surface area contributed by atoms with Crippen LogP contribution in [-0.2, 0) is 12.8 Å². The maximum absolute atomic E-state index is 5.89. The number of hydrogen-bond acceptors (Lipinski definition) is 3. The van der Waals surface area contributed by atoms with Crippen LogP contribution in [0.15, 0.2) is 36.4 Å². The van der Waals surface area contributed by atoms with Crippen LogP contribution in [0.1, 0.15) is 10.4 Å². The fourth-order valence-electron chi connectivity index (χ4n) is 1.85. The number of methoxy groups -OCH3 is 1. The number of ether oxygens (including phenoxy) is 1. The fraction of sp³-hybridized carbons (Fsp3) is 0.333. The zero-order valence-corrected chi connectivity index (χ0v) is 12.6. The zero-order chi connectivity index (χ0) is 13.5. The molecule has 0 saturated heterocycles. The summed E-state index contributed by atoms with van der Waals surface area (Å²) in [6.45, 7) is 1.98. The molecule has 2 rings (SSSR count). The lowest BCUT2D eigenvalue weighted by Crippen LogP contribution is -2.19. The van der Waals surface area contributed by atoms with E-state index in [4.69, 9.17) is 16.3 Å². The molecule has 0 aliphatic carbocycles. The lowest BCUT2D eigenvalue weighted by Gasteiger charge is -2.05. The van der Waals surface area contributed by atoms with E-state index in [9.17, 15) is 0 Å². The Balaban J connectivity index is 1.63. The first kappa shape index (κ1) is 14.4. The first-order valence-electron chi connectivity index (χ1n) is 6.36. The Kier molecular flexibility index (Phi) is 5.70. The SMILES string of the molecule is COc1ccc(CCNCCc2ccc(Cl)s2)cc1.